The number of hydrogen-bond acceptors (Lipinski definition) is 3. The zero-order valence-corrected chi connectivity index (χ0v) is 11.1. The van der Waals surface area contributed by atoms with E-state index in [0.717, 1.165) is 13.1 Å². The molecule has 1 aromatic carbocycles. The molecule has 0 saturated carbocycles. The van der Waals surface area contributed by atoms with Crippen LogP contribution in [-0.4, -0.2) is 46.7 Å². The van der Waals surface area contributed by atoms with Crippen molar-refractivity contribution >= 4 is 5.97 Å². The second-order valence-corrected chi connectivity index (χ2v) is 5.48. The third-order valence-corrected chi connectivity index (χ3v) is 4.23. The lowest BCUT2D eigenvalue weighted by molar-refractivity contribution is 0.0286. The minimum Gasteiger partial charge on any atom is -0.478 e. The fourth-order valence-electron chi connectivity index (χ4n) is 3.28. The number of nitrogens with zero attached hydrogens (tertiary/aromatic N) is 2. The molecule has 19 heavy (non-hydrogen) atoms. The van der Waals surface area contributed by atoms with Gasteiger partial charge in [0.15, 0.2) is 0 Å². The third kappa shape index (κ3) is 2.65. The number of carbonyl (C=O) groups is 1. The van der Waals surface area contributed by atoms with Crippen LogP contribution in [0.15, 0.2) is 24.3 Å². The van der Waals surface area contributed by atoms with Crippen molar-refractivity contribution < 1.29 is 9.90 Å². The van der Waals surface area contributed by atoms with Gasteiger partial charge in [-0.15, -0.1) is 0 Å². The lowest BCUT2D eigenvalue weighted by Crippen LogP contribution is -2.49. The fraction of sp³-hybridized carbons (Fsp3) is 0.533. The standard InChI is InChI=1S/C15H20N2O2/c18-15(19)13-6-4-12(5-7-13)11-17-10-2-9-16-8-1-3-14(16)17/h4-7,14H,1-3,8-11H2,(H,18,19). The van der Waals surface area contributed by atoms with Crippen molar-refractivity contribution in [1.82, 2.24) is 9.80 Å². The summed E-state index contributed by atoms with van der Waals surface area (Å²) in [4.78, 5) is 15.9. The van der Waals surface area contributed by atoms with E-state index in [9.17, 15) is 4.79 Å². The Balaban J connectivity index is 1.68. The van der Waals surface area contributed by atoms with Crippen molar-refractivity contribution in [1.29, 1.82) is 0 Å². The van der Waals surface area contributed by atoms with Gasteiger partial charge in [-0.25, -0.2) is 4.79 Å². The number of carboxylic acids is 1. The highest BCUT2D eigenvalue weighted by Gasteiger charge is 2.32. The van der Waals surface area contributed by atoms with Crippen LogP contribution in [0.4, 0.5) is 0 Å². The number of carboxylic acid groups (broad SMARTS) is 1. The van der Waals surface area contributed by atoms with Gasteiger partial charge in [0.25, 0.3) is 0 Å². The summed E-state index contributed by atoms with van der Waals surface area (Å²) in [5, 5.41) is 8.90. The van der Waals surface area contributed by atoms with Crippen molar-refractivity contribution in [3.05, 3.63) is 35.4 Å². The summed E-state index contributed by atoms with van der Waals surface area (Å²) in [7, 11) is 0. The largest absolute Gasteiger partial charge is 0.478 e. The molecule has 4 nitrogen and oxygen atoms in total. The van der Waals surface area contributed by atoms with E-state index in [4.69, 9.17) is 5.11 Å². The van der Waals surface area contributed by atoms with Crippen molar-refractivity contribution in [2.45, 2.75) is 32.0 Å². The maximum absolute atomic E-state index is 10.8. The Kier molecular flexibility index (Phi) is 3.53. The predicted molar refractivity (Wildman–Crippen MR) is 73.0 cm³/mol. The Morgan fingerprint density at radius 2 is 1.89 bits per heavy atom. The molecule has 4 heteroatoms. The van der Waals surface area contributed by atoms with Gasteiger partial charge in [-0.05, 0) is 43.5 Å². The zero-order valence-electron chi connectivity index (χ0n) is 11.1. The van der Waals surface area contributed by atoms with Crippen LogP contribution >= 0.6 is 0 Å². The SMILES string of the molecule is O=C(O)c1ccc(CN2CCCN3CCCC32)cc1. The molecule has 0 amide bonds. The molecule has 0 aliphatic carbocycles. The first-order valence-corrected chi connectivity index (χ1v) is 7.04. The summed E-state index contributed by atoms with van der Waals surface area (Å²) in [6, 6.07) is 7.29. The molecule has 0 radical (unpaired) electrons. The Morgan fingerprint density at radius 1 is 1.16 bits per heavy atom. The van der Waals surface area contributed by atoms with Crippen LogP contribution in [0.1, 0.15) is 35.2 Å². The van der Waals surface area contributed by atoms with Gasteiger partial charge in [-0.1, -0.05) is 12.1 Å². The number of hydrogen-bond donors (Lipinski definition) is 1. The fourth-order valence-corrected chi connectivity index (χ4v) is 3.28. The molecule has 2 aliphatic rings. The van der Waals surface area contributed by atoms with Crippen LogP contribution in [0.5, 0.6) is 0 Å². The monoisotopic (exact) mass is 260 g/mol. The van der Waals surface area contributed by atoms with Crippen LogP contribution in [0.3, 0.4) is 0 Å². The number of benzene rings is 1. The Morgan fingerprint density at radius 3 is 2.63 bits per heavy atom. The average molecular weight is 260 g/mol. The normalized spacial score (nSPS) is 24.3. The quantitative estimate of drug-likeness (QED) is 0.903. The summed E-state index contributed by atoms with van der Waals surface area (Å²) in [6.45, 7) is 4.56. The Labute approximate surface area is 113 Å². The van der Waals surface area contributed by atoms with Crippen molar-refractivity contribution in [3.8, 4) is 0 Å². The Bertz CT molecular complexity index is 458. The maximum atomic E-state index is 10.8. The van der Waals surface area contributed by atoms with Crippen LogP contribution in [0.2, 0.25) is 0 Å². The Hall–Kier alpha value is -1.39. The molecule has 1 atom stereocenters. The lowest BCUT2D eigenvalue weighted by atomic mass is 10.1. The lowest BCUT2D eigenvalue weighted by Gasteiger charge is -2.40. The summed E-state index contributed by atoms with van der Waals surface area (Å²) in [5.74, 6) is -0.855. The molecule has 1 aromatic rings. The molecule has 2 aliphatic heterocycles. The highest BCUT2D eigenvalue weighted by Crippen LogP contribution is 2.26. The summed E-state index contributed by atoms with van der Waals surface area (Å²) >= 11 is 0. The molecule has 0 spiro atoms. The van der Waals surface area contributed by atoms with Crippen molar-refractivity contribution in [3.63, 3.8) is 0 Å². The molecule has 102 valence electrons. The predicted octanol–water partition coefficient (Wildman–Crippen LogP) is 2.01. The van der Waals surface area contributed by atoms with Gasteiger partial charge in [0.2, 0.25) is 0 Å². The molecule has 1 unspecified atom stereocenters. The van der Waals surface area contributed by atoms with Crippen LogP contribution < -0.4 is 0 Å². The van der Waals surface area contributed by atoms with Gasteiger partial charge >= 0.3 is 5.97 Å². The molecule has 2 fully saturated rings. The van der Waals surface area contributed by atoms with Gasteiger partial charge in [-0.3, -0.25) is 9.80 Å². The van der Waals surface area contributed by atoms with E-state index in [2.05, 4.69) is 9.80 Å². The summed E-state index contributed by atoms with van der Waals surface area (Å²) in [6.07, 6.45) is 4.42. The maximum Gasteiger partial charge on any atom is 0.335 e. The van der Waals surface area contributed by atoms with E-state index in [1.54, 1.807) is 12.1 Å². The van der Waals surface area contributed by atoms with Gasteiger partial charge in [0.05, 0.1) is 11.7 Å². The van der Waals surface area contributed by atoms with Gasteiger partial charge in [-0.2, -0.15) is 0 Å². The molecule has 0 bridgehead atoms. The smallest absolute Gasteiger partial charge is 0.335 e. The molecule has 3 rings (SSSR count). The average Bonchev–Trinajstić information content (AvgIpc) is 2.89. The highest BCUT2D eigenvalue weighted by atomic mass is 16.4. The zero-order chi connectivity index (χ0) is 13.2. The van der Waals surface area contributed by atoms with E-state index >= 15 is 0 Å². The minimum absolute atomic E-state index is 0.366. The number of fused-ring (bicyclic) bond motifs is 1. The second-order valence-electron chi connectivity index (χ2n) is 5.48. The van der Waals surface area contributed by atoms with Crippen LogP contribution in [0.25, 0.3) is 0 Å². The first kappa shape index (κ1) is 12.6. The summed E-state index contributed by atoms with van der Waals surface area (Å²) in [5.41, 5.74) is 1.57. The molecule has 2 saturated heterocycles. The van der Waals surface area contributed by atoms with Crippen LogP contribution in [0, 0.1) is 0 Å². The van der Waals surface area contributed by atoms with E-state index in [1.807, 2.05) is 12.1 Å². The van der Waals surface area contributed by atoms with E-state index in [1.165, 1.54) is 37.9 Å². The number of rotatable bonds is 3. The molecule has 0 aromatic heterocycles. The number of aromatic carboxylic acids is 1. The van der Waals surface area contributed by atoms with E-state index in [0.29, 0.717) is 11.7 Å². The minimum atomic E-state index is -0.855. The van der Waals surface area contributed by atoms with Gasteiger partial charge < -0.3 is 5.11 Å². The first-order valence-electron chi connectivity index (χ1n) is 7.04. The molecule has 1 N–H and O–H groups in total. The van der Waals surface area contributed by atoms with Gasteiger partial charge in [0.1, 0.15) is 0 Å². The van der Waals surface area contributed by atoms with E-state index < -0.39 is 5.97 Å². The molecular formula is C15H20N2O2. The highest BCUT2D eigenvalue weighted by molar-refractivity contribution is 5.87. The third-order valence-electron chi connectivity index (χ3n) is 4.23. The summed E-state index contributed by atoms with van der Waals surface area (Å²) < 4.78 is 0. The van der Waals surface area contributed by atoms with E-state index in [-0.39, 0.29) is 0 Å². The second kappa shape index (κ2) is 5.31. The molecule has 2 heterocycles. The van der Waals surface area contributed by atoms with Crippen molar-refractivity contribution in [2.75, 3.05) is 19.6 Å². The van der Waals surface area contributed by atoms with Crippen LogP contribution in [-0.2, 0) is 6.54 Å². The topological polar surface area (TPSA) is 43.8 Å². The van der Waals surface area contributed by atoms with Crippen molar-refractivity contribution in [2.24, 2.45) is 0 Å². The van der Waals surface area contributed by atoms with Gasteiger partial charge in [0, 0.05) is 19.6 Å². The first-order chi connectivity index (χ1) is 9.24. The molecular weight excluding hydrogens is 240 g/mol.